The van der Waals surface area contributed by atoms with Crippen LogP contribution in [0, 0.1) is 13.8 Å². The number of aliphatic carboxylic acids is 1. The van der Waals surface area contributed by atoms with Gasteiger partial charge in [-0.3, -0.25) is 9.78 Å². The molecule has 0 spiro atoms. The number of halogens is 2. The molecule has 4 aromatic carbocycles. The number of urea groups is 1. The zero-order valence-corrected chi connectivity index (χ0v) is 36.5. The number of fused-ring (bicyclic) bond motifs is 2. The Labute approximate surface area is 371 Å². The number of hydrogen-bond donors (Lipinski definition) is 2. The van der Waals surface area contributed by atoms with Crippen molar-refractivity contribution in [3.63, 3.8) is 0 Å². The second kappa shape index (κ2) is 18.7. The normalized spacial score (nSPS) is 17.7. The minimum absolute atomic E-state index is 0.0599. The van der Waals surface area contributed by atoms with Crippen molar-refractivity contribution < 1.29 is 33.7 Å². The van der Waals surface area contributed by atoms with Crippen molar-refractivity contribution in [2.24, 2.45) is 0 Å². The van der Waals surface area contributed by atoms with Gasteiger partial charge in [-0.05, 0) is 114 Å². The first-order valence-corrected chi connectivity index (χ1v) is 21.9. The maximum Gasteiger partial charge on any atom is 0.326 e. The molecule has 62 heavy (non-hydrogen) atoms. The molecule has 2 aliphatic heterocycles. The van der Waals surface area contributed by atoms with E-state index in [-0.39, 0.29) is 38.1 Å². The lowest BCUT2D eigenvalue weighted by Crippen LogP contribution is -2.59. The summed E-state index contributed by atoms with van der Waals surface area (Å²) in [7, 11) is 1.80. The molecule has 1 saturated carbocycles. The van der Waals surface area contributed by atoms with Crippen molar-refractivity contribution in [2.75, 3.05) is 13.7 Å². The van der Waals surface area contributed by atoms with E-state index in [1.807, 2.05) is 86.6 Å². The van der Waals surface area contributed by atoms with Crippen LogP contribution in [0.15, 0.2) is 91.1 Å². The highest BCUT2D eigenvalue weighted by Gasteiger charge is 2.40. The number of ether oxygens (including phenoxy) is 3. The van der Waals surface area contributed by atoms with Gasteiger partial charge in [-0.25, -0.2) is 9.59 Å². The number of amides is 3. The van der Waals surface area contributed by atoms with Gasteiger partial charge in [0.1, 0.15) is 31.0 Å². The summed E-state index contributed by atoms with van der Waals surface area (Å²) in [6, 6.07) is 24.1. The van der Waals surface area contributed by atoms with E-state index in [0.717, 1.165) is 82.3 Å². The first-order chi connectivity index (χ1) is 29.9. The standard InChI is InChI=1S/C49H50Cl2N4O7/c1-29-30(2)52-20-19-39(29)33-12-9-31(10-13-33)22-42(48(57)58)53-47(56)43-23-35-24-44-45(25-36(35)26-55(43)49(59)54(3)37-7-5-4-6-8-37)62-46(28-61-44)34-14-16-38(17-15-34)60-27-32-11-18-40(50)41(51)21-32/h9-21,24-25,37,42-43,46H,4-8,22-23,26-28H2,1-3H3,(H,53,56)(H,57,58). The Balaban J connectivity index is 0.984. The van der Waals surface area contributed by atoms with Crippen LogP contribution in [0.3, 0.4) is 0 Å². The molecule has 11 nitrogen and oxygen atoms in total. The first-order valence-electron chi connectivity index (χ1n) is 21.1. The number of aromatic nitrogens is 1. The minimum atomic E-state index is -1.21. The molecule has 0 saturated heterocycles. The van der Waals surface area contributed by atoms with Gasteiger partial charge in [0.25, 0.3) is 0 Å². The van der Waals surface area contributed by atoms with Crippen molar-refractivity contribution in [1.82, 2.24) is 20.1 Å². The Morgan fingerprint density at radius 2 is 1.63 bits per heavy atom. The molecule has 2 N–H and O–H groups in total. The number of nitrogens with one attached hydrogen (secondary N) is 1. The van der Waals surface area contributed by atoms with Crippen LogP contribution in [0.4, 0.5) is 4.79 Å². The van der Waals surface area contributed by atoms with Gasteiger partial charge < -0.3 is 34.4 Å². The molecule has 13 heteroatoms. The molecule has 0 bridgehead atoms. The number of carboxylic acid groups (broad SMARTS) is 1. The number of rotatable bonds is 11. The van der Waals surface area contributed by atoms with Crippen LogP contribution in [0.5, 0.6) is 17.2 Å². The zero-order chi connectivity index (χ0) is 43.5. The molecular weight excluding hydrogens is 827 g/mol. The maximum atomic E-state index is 14.4. The molecule has 3 aliphatic rings. The number of benzene rings is 4. The number of aryl methyl sites for hydroxylation is 1. The summed E-state index contributed by atoms with van der Waals surface area (Å²) in [6.07, 6.45) is 6.64. The van der Waals surface area contributed by atoms with Crippen molar-refractivity contribution in [3.05, 3.63) is 140 Å². The summed E-state index contributed by atoms with van der Waals surface area (Å²) in [4.78, 5) is 49.1. The number of pyridine rings is 1. The highest BCUT2D eigenvalue weighted by molar-refractivity contribution is 6.42. The van der Waals surface area contributed by atoms with Gasteiger partial charge in [0.15, 0.2) is 17.6 Å². The number of hydrogen-bond acceptors (Lipinski definition) is 7. The minimum Gasteiger partial charge on any atom is -0.489 e. The zero-order valence-electron chi connectivity index (χ0n) is 35.0. The van der Waals surface area contributed by atoms with E-state index in [4.69, 9.17) is 37.4 Å². The molecule has 322 valence electrons. The van der Waals surface area contributed by atoms with E-state index in [2.05, 4.69) is 10.3 Å². The molecule has 3 amide bonds. The molecule has 5 aromatic rings. The maximum absolute atomic E-state index is 14.4. The van der Waals surface area contributed by atoms with Crippen LogP contribution in [-0.2, 0) is 35.6 Å². The van der Waals surface area contributed by atoms with Crippen molar-refractivity contribution in [3.8, 4) is 28.4 Å². The van der Waals surface area contributed by atoms with Gasteiger partial charge in [0, 0.05) is 44.4 Å². The Hall–Kier alpha value is -5.78. The van der Waals surface area contributed by atoms with Crippen LogP contribution in [0.1, 0.15) is 77.3 Å². The molecule has 8 rings (SSSR count). The number of carbonyl (C=O) groups is 3. The quantitative estimate of drug-likeness (QED) is 0.134. The predicted octanol–water partition coefficient (Wildman–Crippen LogP) is 9.69. The molecular formula is C49H50Cl2N4O7. The SMILES string of the molecule is Cc1nccc(-c2ccc(CC(NC(=O)C3Cc4cc5c(cc4CN3C(=O)N(C)C3CCCCC3)OC(c3ccc(OCc4ccc(Cl)c(Cl)c4)cc3)CO5)C(=O)O)cc2)c1C. The third-order valence-electron chi connectivity index (χ3n) is 12.4. The Kier molecular flexibility index (Phi) is 12.9. The van der Waals surface area contributed by atoms with Gasteiger partial charge in [-0.2, -0.15) is 0 Å². The number of nitrogens with zero attached hydrogens (tertiary/aromatic N) is 3. The third-order valence-corrected chi connectivity index (χ3v) is 13.2. The lowest BCUT2D eigenvalue weighted by atomic mass is 9.91. The highest BCUT2D eigenvalue weighted by atomic mass is 35.5. The van der Waals surface area contributed by atoms with Crippen LogP contribution >= 0.6 is 23.2 Å². The second-order valence-corrected chi connectivity index (χ2v) is 17.3. The average molecular weight is 878 g/mol. The van der Waals surface area contributed by atoms with E-state index in [0.29, 0.717) is 33.9 Å². The van der Waals surface area contributed by atoms with E-state index in [9.17, 15) is 19.5 Å². The number of carboxylic acids is 1. The Morgan fingerprint density at radius 1 is 0.903 bits per heavy atom. The summed E-state index contributed by atoms with van der Waals surface area (Å²) >= 11 is 12.2. The molecule has 3 atom stereocenters. The smallest absolute Gasteiger partial charge is 0.326 e. The molecule has 1 aromatic heterocycles. The summed E-state index contributed by atoms with van der Waals surface area (Å²) in [5.41, 5.74) is 8.31. The largest absolute Gasteiger partial charge is 0.489 e. The fraction of sp³-hybridized carbons (Fsp3) is 0.347. The van der Waals surface area contributed by atoms with Gasteiger partial charge in [0.05, 0.1) is 10.0 Å². The molecule has 0 radical (unpaired) electrons. The number of carbonyl (C=O) groups excluding carboxylic acids is 2. The van der Waals surface area contributed by atoms with Crippen LogP contribution < -0.4 is 19.5 Å². The third kappa shape index (κ3) is 9.49. The van der Waals surface area contributed by atoms with Crippen molar-refractivity contribution in [2.45, 2.75) is 96.2 Å². The lowest BCUT2D eigenvalue weighted by Gasteiger charge is -2.41. The fourth-order valence-corrected chi connectivity index (χ4v) is 8.95. The summed E-state index contributed by atoms with van der Waals surface area (Å²) in [6.45, 7) is 4.73. The van der Waals surface area contributed by atoms with Crippen molar-refractivity contribution >= 4 is 41.1 Å². The molecule has 1 fully saturated rings. The van der Waals surface area contributed by atoms with Gasteiger partial charge in [0.2, 0.25) is 5.91 Å². The lowest BCUT2D eigenvalue weighted by molar-refractivity contribution is -0.142. The van der Waals surface area contributed by atoms with E-state index < -0.39 is 30.1 Å². The molecule has 3 unspecified atom stereocenters. The fourth-order valence-electron chi connectivity index (χ4n) is 8.63. The second-order valence-electron chi connectivity index (χ2n) is 16.5. The van der Waals surface area contributed by atoms with Gasteiger partial charge in [-0.1, -0.05) is 84.9 Å². The van der Waals surface area contributed by atoms with Crippen LogP contribution in [0.25, 0.3) is 11.1 Å². The van der Waals surface area contributed by atoms with Crippen LogP contribution in [-0.4, -0.2) is 69.6 Å². The van der Waals surface area contributed by atoms with E-state index >= 15 is 0 Å². The van der Waals surface area contributed by atoms with Crippen molar-refractivity contribution in [1.29, 1.82) is 0 Å². The molecule has 3 heterocycles. The first kappa shape index (κ1) is 42.9. The average Bonchev–Trinajstić information content (AvgIpc) is 3.29. The van der Waals surface area contributed by atoms with E-state index in [1.54, 1.807) is 35.2 Å². The van der Waals surface area contributed by atoms with Crippen LogP contribution in [0.2, 0.25) is 10.0 Å². The summed E-state index contributed by atoms with van der Waals surface area (Å²) in [5, 5.41) is 14.1. The Morgan fingerprint density at radius 3 is 2.35 bits per heavy atom. The van der Waals surface area contributed by atoms with Gasteiger partial charge >= 0.3 is 12.0 Å². The van der Waals surface area contributed by atoms with E-state index in [1.165, 1.54) is 0 Å². The van der Waals surface area contributed by atoms with Gasteiger partial charge in [-0.15, -0.1) is 0 Å². The summed E-state index contributed by atoms with van der Waals surface area (Å²) in [5.74, 6) is 0.0947. The summed E-state index contributed by atoms with van der Waals surface area (Å²) < 4.78 is 18.8. The topological polar surface area (TPSA) is 131 Å². The predicted molar refractivity (Wildman–Crippen MR) is 238 cm³/mol. The highest BCUT2D eigenvalue weighted by Crippen LogP contribution is 2.41. The Bertz CT molecular complexity index is 2460. The molecule has 1 aliphatic carbocycles. The monoisotopic (exact) mass is 876 g/mol.